The number of ether oxygens (including phenoxy) is 1. The van der Waals surface area contributed by atoms with E-state index in [4.69, 9.17) is 14.8 Å². The van der Waals surface area contributed by atoms with Crippen LogP contribution in [0.25, 0.3) is 0 Å². The van der Waals surface area contributed by atoms with E-state index < -0.39 is 7.12 Å². The molecule has 0 saturated carbocycles. The van der Waals surface area contributed by atoms with E-state index in [9.17, 15) is 0 Å². The van der Waals surface area contributed by atoms with Crippen molar-refractivity contribution in [1.29, 1.82) is 0 Å². The molecule has 0 saturated heterocycles. The van der Waals surface area contributed by atoms with Gasteiger partial charge in [0.25, 0.3) is 0 Å². The van der Waals surface area contributed by atoms with Crippen LogP contribution in [0.3, 0.4) is 0 Å². The molecule has 4 heteroatoms. The molecule has 0 spiro atoms. The summed E-state index contributed by atoms with van der Waals surface area (Å²) in [5.74, 6) is 1.37. The first-order chi connectivity index (χ1) is 5.27. The van der Waals surface area contributed by atoms with Crippen LogP contribution in [0, 0.1) is 0 Å². The van der Waals surface area contributed by atoms with E-state index in [2.05, 4.69) is 0 Å². The lowest BCUT2D eigenvalue weighted by molar-refractivity contribution is 0.193. The summed E-state index contributed by atoms with van der Waals surface area (Å²) >= 11 is 0. The van der Waals surface area contributed by atoms with E-state index in [-0.39, 0.29) is 0 Å². The van der Waals surface area contributed by atoms with Crippen LogP contribution < -0.4 is 0 Å². The maximum atomic E-state index is 8.40. The van der Waals surface area contributed by atoms with E-state index in [1.54, 1.807) is 13.2 Å². The molecule has 0 heterocycles. The molecular formula is C7H15BO3. The van der Waals surface area contributed by atoms with Gasteiger partial charge in [-0.2, -0.15) is 0 Å². The van der Waals surface area contributed by atoms with Crippen molar-refractivity contribution < 1.29 is 14.8 Å². The molecule has 0 aromatic heterocycles. The van der Waals surface area contributed by atoms with Gasteiger partial charge in [0, 0.05) is 13.7 Å². The molecule has 0 atom stereocenters. The topological polar surface area (TPSA) is 49.7 Å². The van der Waals surface area contributed by atoms with Crippen LogP contribution in [-0.2, 0) is 4.74 Å². The van der Waals surface area contributed by atoms with Gasteiger partial charge in [0.05, 0.1) is 0 Å². The van der Waals surface area contributed by atoms with Crippen LogP contribution in [0.5, 0.6) is 0 Å². The van der Waals surface area contributed by atoms with Crippen LogP contribution in [-0.4, -0.2) is 30.9 Å². The fourth-order valence-electron chi connectivity index (χ4n) is 0.727. The minimum atomic E-state index is -1.31. The third-order valence-corrected chi connectivity index (χ3v) is 1.28. The van der Waals surface area contributed by atoms with Gasteiger partial charge < -0.3 is 14.8 Å². The molecule has 0 bridgehead atoms. The van der Waals surface area contributed by atoms with Crippen molar-refractivity contribution in [3.63, 3.8) is 0 Å². The number of allylic oxidation sites excluding steroid dienone is 1. The predicted octanol–water partition coefficient (Wildman–Crippen LogP) is 0.371. The molecular weight excluding hydrogens is 143 g/mol. The summed E-state index contributed by atoms with van der Waals surface area (Å²) in [4.78, 5) is 0. The van der Waals surface area contributed by atoms with Crippen molar-refractivity contribution in [3.8, 4) is 0 Å². The Morgan fingerprint density at radius 1 is 1.36 bits per heavy atom. The molecule has 0 aliphatic carbocycles. The van der Waals surface area contributed by atoms with Gasteiger partial charge in [0.2, 0.25) is 0 Å². The van der Waals surface area contributed by atoms with Gasteiger partial charge in [0.1, 0.15) is 0 Å². The molecule has 0 aromatic carbocycles. The third-order valence-electron chi connectivity index (χ3n) is 1.28. The number of unbranched alkanes of at least 4 members (excludes halogenated alkanes) is 2. The molecule has 3 nitrogen and oxygen atoms in total. The minimum absolute atomic E-state index is 0.773. The number of rotatable bonds is 6. The standard InChI is InChI=1S/C7H15BO3/c1-11-7-5-3-2-4-6-8(9)10/h4,6,9-10H,2-3,5,7H2,1H3. The molecule has 0 fully saturated rings. The summed E-state index contributed by atoms with van der Waals surface area (Å²) in [6.07, 6.45) is 4.68. The largest absolute Gasteiger partial charge is 0.480 e. The number of hydrogen-bond acceptors (Lipinski definition) is 3. The van der Waals surface area contributed by atoms with Crippen molar-refractivity contribution in [2.24, 2.45) is 0 Å². The summed E-state index contributed by atoms with van der Waals surface area (Å²) in [6, 6.07) is 0. The van der Waals surface area contributed by atoms with Gasteiger partial charge >= 0.3 is 7.12 Å². The molecule has 64 valence electrons. The molecule has 0 unspecified atom stereocenters. The first-order valence-electron chi connectivity index (χ1n) is 3.79. The fourth-order valence-corrected chi connectivity index (χ4v) is 0.727. The Bertz CT molecular complexity index is 104. The van der Waals surface area contributed by atoms with E-state index in [1.807, 2.05) is 0 Å². The smallest absolute Gasteiger partial charge is 0.424 e. The molecule has 0 aliphatic rings. The first kappa shape index (κ1) is 10.7. The Hall–Kier alpha value is -0.315. The summed E-state index contributed by atoms with van der Waals surface area (Å²) in [6.45, 7) is 0.773. The Morgan fingerprint density at radius 2 is 2.09 bits per heavy atom. The van der Waals surface area contributed by atoms with Crippen LogP contribution in [0.1, 0.15) is 19.3 Å². The van der Waals surface area contributed by atoms with Gasteiger partial charge in [-0.3, -0.25) is 0 Å². The predicted molar refractivity (Wildman–Crippen MR) is 45.1 cm³/mol. The Labute approximate surface area is 67.8 Å². The van der Waals surface area contributed by atoms with Gasteiger partial charge in [-0.05, 0) is 19.3 Å². The van der Waals surface area contributed by atoms with Crippen molar-refractivity contribution in [2.75, 3.05) is 13.7 Å². The SMILES string of the molecule is COCCCCC=CB(O)O. The summed E-state index contributed by atoms with van der Waals surface area (Å²) < 4.78 is 4.85. The summed E-state index contributed by atoms with van der Waals surface area (Å²) in [5.41, 5.74) is 0. The second kappa shape index (κ2) is 7.79. The van der Waals surface area contributed by atoms with Crippen molar-refractivity contribution in [3.05, 3.63) is 12.1 Å². The summed E-state index contributed by atoms with van der Waals surface area (Å²) in [7, 11) is 0.366. The van der Waals surface area contributed by atoms with Gasteiger partial charge in [-0.25, -0.2) is 0 Å². The average Bonchev–Trinajstić information content (AvgIpc) is 1.96. The molecule has 11 heavy (non-hydrogen) atoms. The van der Waals surface area contributed by atoms with E-state index in [0.717, 1.165) is 25.9 Å². The fraction of sp³-hybridized carbons (Fsp3) is 0.714. The highest BCUT2D eigenvalue weighted by molar-refractivity contribution is 6.47. The van der Waals surface area contributed by atoms with Gasteiger partial charge in [-0.1, -0.05) is 12.1 Å². The second-order valence-electron chi connectivity index (χ2n) is 2.33. The van der Waals surface area contributed by atoms with E-state index in [1.165, 1.54) is 5.98 Å². The van der Waals surface area contributed by atoms with Gasteiger partial charge in [0.15, 0.2) is 0 Å². The lowest BCUT2D eigenvalue weighted by Gasteiger charge is -1.94. The zero-order valence-corrected chi connectivity index (χ0v) is 6.86. The van der Waals surface area contributed by atoms with Crippen LogP contribution >= 0.6 is 0 Å². The molecule has 2 N–H and O–H groups in total. The molecule has 0 amide bonds. The molecule has 0 rings (SSSR count). The Morgan fingerprint density at radius 3 is 2.64 bits per heavy atom. The third kappa shape index (κ3) is 9.68. The number of hydrogen-bond donors (Lipinski definition) is 2. The highest BCUT2D eigenvalue weighted by Crippen LogP contribution is 1.96. The lowest BCUT2D eigenvalue weighted by Crippen LogP contribution is -2.05. The van der Waals surface area contributed by atoms with E-state index in [0.29, 0.717) is 0 Å². The van der Waals surface area contributed by atoms with Crippen LogP contribution in [0.15, 0.2) is 12.1 Å². The lowest BCUT2D eigenvalue weighted by atomic mass is 9.91. The normalized spacial score (nSPS) is 10.8. The first-order valence-corrected chi connectivity index (χ1v) is 3.79. The van der Waals surface area contributed by atoms with E-state index >= 15 is 0 Å². The van der Waals surface area contributed by atoms with Crippen LogP contribution in [0.2, 0.25) is 0 Å². The van der Waals surface area contributed by atoms with Crippen molar-refractivity contribution in [1.82, 2.24) is 0 Å². The highest BCUT2D eigenvalue weighted by Gasteiger charge is 1.96. The second-order valence-corrected chi connectivity index (χ2v) is 2.33. The molecule has 0 aliphatic heterocycles. The number of methoxy groups -OCH3 is 1. The maximum absolute atomic E-state index is 8.40. The maximum Gasteiger partial charge on any atom is 0.480 e. The van der Waals surface area contributed by atoms with Crippen molar-refractivity contribution in [2.45, 2.75) is 19.3 Å². The Kier molecular flexibility index (Phi) is 7.57. The minimum Gasteiger partial charge on any atom is -0.424 e. The quantitative estimate of drug-likeness (QED) is 0.433. The monoisotopic (exact) mass is 158 g/mol. The molecule has 0 radical (unpaired) electrons. The van der Waals surface area contributed by atoms with Crippen molar-refractivity contribution >= 4 is 7.12 Å². The Balaban J connectivity index is 3.01. The zero-order valence-electron chi connectivity index (χ0n) is 6.86. The zero-order chi connectivity index (χ0) is 8.53. The highest BCUT2D eigenvalue weighted by atomic mass is 16.5. The van der Waals surface area contributed by atoms with Crippen LogP contribution in [0.4, 0.5) is 0 Å². The molecule has 0 aromatic rings. The van der Waals surface area contributed by atoms with Gasteiger partial charge in [-0.15, -0.1) is 0 Å². The average molecular weight is 158 g/mol. The summed E-state index contributed by atoms with van der Waals surface area (Å²) in [5, 5.41) is 16.8.